The predicted octanol–water partition coefficient (Wildman–Crippen LogP) is 2.25. The quantitative estimate of drug-likeness (QED) is 0.595. The molecule has 3 N–H and O–H groups in total. The van der Waals surface area contributed by atoms with E-state index in [4.69, 9.17) is 5.73 Å². The molecule has 0 bridgehead atoms. The summed E-state index contributed by atoms with van der Waals surface area (Å²) >= 11 is 2.93. The number of thiazole rings is 1. The highest BCUT2D eigenvalue weighted by molar-refractivity contribution is 8.00. The van der Waals surface area contributed by atoms with E-state index in [1.807, 2.05) is 30.5 Å². The van der Waals surface area contributed by atoms with E-state index in [2.05, 4.69) is 9.71 Å². The topological polar surface area (TPSA) is 85.1 Å². The van der Waals surface area contributed by atoms with Gasteiger partial charge in [0.25, 0.3) is 0 Å². The number of nitrogen functional groups attached to an aromatic ring is 1. The average molecular weight is 343 g/mol. The van der Waals surface area contributed by atoms with E-state index in [9.17, 15) is 8.42 Å². The maximum atomic E-state index is 11.9. The van der Waals surface area contributed by atoms with Crippen molar-refractivity contribution in [1.82, 2.24) is 9.71 Å². The van der Waals surface area contributed by atoms with Crippen LogP contribution in [-0.2, 0) is 16.6 Å². The zero-order valence-corrected chi connectivity index (χ0v) is 14.0. The molecule has 0 spiro atoms. The van der Waals surface area contributed by atoms with Gasteiger partial charge < -0.3 is 5.73 Å². The lowest BCUT2D eigenvalue weighted by Crippen LogP contribution is -2.26. The number of hydrogen-bond donors (Lipinski definition) is 2. The van der Waals surface area contributed by atoms with E-state index in [-0.39, 0.29) is 12.3 Å². The van der Waals surface area contributed by atoms with Crippen LogP contribution in [0.15, 0.2) is 34.5 Å². The highest BCUT2D eigenvalue weighted by Gasteiger charge is 2.11. The monoisotopic (exact) mass is 343 g/mol. The second-order valence-electron chi connectivity index (χ2n) is 4.44. The number of aromatic nitrogens is 1. The van der Waals surface area contributed by atoms with Gasteiger partial charge in [0, 0.05) is 27.4 Å². The third-order valence-electron chi connectivity index (χ3n) is 2.59. The van der Waals surface area contributed by atoms with Crippen LogP contribution in [0.2, 0.25) is 0 Å². The van der Waals surface area contributed by atoms with Crippen LogP contribution in [0.25, 0.3) is 0 Å². The lowest BCUT2D eigenvalue weighted by atomic mass is 10.3. The Morgan fingerprint density at radius 2 is 2.24 bits per heavy atom. The number of nitrogens with two attached hydrogens (primary N) is 1. The number of nitrogens with zero attached hydrogens (tertiary/aromatic N) is 1. The maximum absolute atomic E-state index is 11.9. The van der Waals surface area contributed by atoms with Gasteiger partial charge in [-0.3, -0.25) is 0 Å². The molecule has 0 saturated carbocycles. The molecule has 2 rings (SSSR count). The summed E-state index contributed by atoms with van der Waals surface area (Å²) in [7, 11) is -3.29. The first kappa shape index (κ1) is 16.3. The van der Waals surface area contributed by atoms with Crippen molar-refractivity contribution in [3.63, 3.8) is 0 Å². The summed E-state index contributed by atoms with van der Waals surface area (Å²) in [6, 6.07) is 7.41. The van der Waals surface area contributed by atoms with Crippen LogP contribution in [0, 0.1) is 6.92 Å². The van der Waals surface area contributed by atoms with Crippen molar-refractivity contribution in [1.29, 1.82) is 0 Å². The molecule has 0 aliphatic carbocycles. The van der Waals surface area contributed by atoms with Crippen LogP contribution < -0.4 is 10.5 Å². The molecule has 0 fully saturated rings. The Hall–Kier alpha value is -1.09. The first-order chi connectivity index (χ1) is 9.94. The second kappa shape index (κ2) is 7.26. The summed E-state index contributed by atoms with van der Waals surface area (Å²) < 4.78 is 26.4. The largest absolute Gasteiger partial charge is 0.399 e. The lowest BCUT2D eigenvalue weighted by molar-refractivity contribution is 0.582. The van der Waals surface area contributed by atoms with Gasteiger partial charge in [0.15, 0.2) is 0 Å². The number of hydrogen-bond acceptors (Lipinski definition) is 6. The molecule has 114 valence electrons. The van der Waals surface area contributed by atoms with E-state index in [1.165, 1.54) is 23.1 Å². The van der Waals surface area contributed by atoms with Crippen molar-refractivity contribution in [2.75, 3.05) is 17.2 Å². The molecule has 1 aromatic heterocycles. The Balaban J connectivity index is 1.78. The van der Waals surface area contributed by atoms with Crippen molar-refractivity contribution in [3.05, 3.63) is 40.3 Å². The Morgan fingerprint density at radius 1 is 1.43 bits per heavy atom. The Kier molecular flexibility index (Phi) is 5.63. The molecule has 0 unspecified atom stereocenters. The number of aryl methyl sites for hydroxylation is 1. The number of benzene rings is 1. The lowest BCUT2D eigenvalue weighted by Gasteiger charge is -2.05. The van der Waals surface area contributed by atoms with Crippen molar-refractivity contribution < 1.29 is 8.42 Å². The predicted molar refractivity (Wildman–Crippen MR) is 89.1 cm³/mol. The molecule has 0 amide bonds. The zero-order valence-electron chi connectivity index (χ0n) is 11.6. The van der Waals surface area contributed by atoms with Gasteiger partial charge in [0.05, 0.1) is 12.3 Å². The van der Waals surface area contributed by atoms with E-state index in [0.717, 1.165) is 15.6 Å². The maximum Gasteiger partial charge on any atom is 0.212 e. The van der Waals surface area contributed by atoms with Gasteiger partial charge in [-0.15, -0.1) is 23.1 Å². The molecule has 0 atom stereocenters. The van der Waals surface area contributed by atoms with Crippen LogP contribution >= 0.6 is 23.1 Å². The number of anilines is 1. The van der Waals surface area contributed by atoms with Crippen molar-refractivity contribution in [2.45, 2.75) is 18.4 Å². The van der Waals surface area contributed by atoms with Gasteiger partial charge in [0.2, 0.25) is 10.0 Å². The van der Waals surface area contributed by atoms with Crippen LogP contribution in [0.1, 0.15) is 10.7 Å². The van der Waals surface area contributed by atoms with Crippen molar-refractivity contribution in [2.24, 2.45) is 0 Å². The summed E-state index contributed by atoms with van der Waals surface area (Å²) in [5, 5.41) is 2.68. The van der Waals surface area contributed by atoms with Gasteiger partial charge in [-0.25, -0.2) is 18.1 Å². The SMILES string of the molecule is Cc1csc(CNS(=O)(=O)CCSc2cccc(N)c2)n1. The average Bonchev–Trinajstić information content (AvgIpc) is 2.82. The highest BCUT2D eigenvalue weighted by Crippen LogP contribution is 2.20. The van der Waals surface area contributed by atoms with Crippen LogP contribution in [-0.4, -0.2) is 24.9 Å². The van der Waals surface area contributed by atoms with Gasteiger partial charge in [0.1, 0.15) is 5.01 Å². The van der Waals surface area contributed by atoms with Gasteiger partial charge in [-0.1, -0.05) is 6.07 Å². The molecular formula is C13H17N3O2S3. The molecule has 1 aromatic carbocycles. The molecule has 0 radical (unpaired) electrons. The van der Waals surface area contributed by atoms with E-state index in [0.29, 0.717) is 11.4 Å². The fourth-order valence-corrected chi connectivity index (χ4v) is 4.75. The normalized spacial score (nSPS) is 11.7. The molecular weight excluding hydrogens is 326 g/mol. The van der Waals surface area contributed by atoms with Gasteiger partial charge in [-0.2, -0.15) is 0 Å². The molecule has 8 heteroatoms. The minimum Gasteiger partial charge on any atom is -0.399 e. The van der Waals surface area contributed by atoms with Crippen molar-refractivity contribution in [3.8, 4) is 0 Å². The first-order valence-corrected chi connectivity index (χ1v) is 9.83. The molecule has 0 aliphatic rings. The minimum absolute atomic E-state index is 0.0663. The van der Waals surface area contributed by atoms with Crippen LogP contribution in [0.3, 0.4) is 0 Å². The molecule has 1 heterocycles. The number of thioether (sulfide) groups is 1. The van der Waals surface area contributed by atoms with Crippen LogP contribution in [0.5, 0.6) is 0 Å². The van der Waals surface area contributed by atoms with E-state index >= 15 is 0 Å². The van der Waals surface area contributed by atoms with Gasteiger partial charge in [-0.05, 0) is 25.1 Å². The summed E-state index contributed by atoms with van der Waals surface area (Å²) in [6.07, 6.45) is 0. The molecule has 2 aromatic rings. The number of rotatable bonds is 7. The van der Waals surface area contributed by atoms with E-state index < -0.39 is 10.0 Å². The Morgan fingerprint density at radius 3 is 2.90 bits per heavy atom. The number of nitrogens with one attached hydrogen (secondary N) is 1. The summed E-state index contributed by atoms with van der Waals surface area (Å²) in [4.78, 5) is 5.20. The Labute approximate surface area is 133 Å². The summed E-state index contributed by atoms with van der Waals surface area (Å²) in [5.41, 5.74) is 7.27. The van der Waals surface area contributed by atoms with Crippen molar-refractivity contribution >= 4 is 38.8 Å². The smallest absolute Gasteiger partial charge is 0.212 e. The van der Waals surface area contributed by atoms with Gasteiger partial charge >= 0.3 is 0 Å². The molecule has 5 nitrogen and oxygen atoms in total. The zero-order chi connectivity index (χ0) is 15.3. The molecule has 0 aliphatic heterocycles. The molecule has 0 saturated heterocycles. The first-order valence-electron chi connectivity index (χ1n) is 6.31. The Bertz CT molecular complexity index is 698. The highest BCUT2D eigenvalue weighted by atomic mass is 32.2. The minimum atomic E-state index is -3.29. The van der Waals surface area contributed by atoms with Crippen LogP contribution in [0.4, 0.5) is 5.69 Å². The van der Waals surface area contributed by atoms with E-state index in [1.54, 1.807) is 6.07 Å². The number of sulfonamides is 1. The third kappa shape index (κ3) is 5.66. The fourth-order valence-electron chi connectivity index (χ4n) is 1.60. The second-order valence-corrected chi connectivity index (χ2v) is 8.48. The standard InChI is InChI=1S/C13H17N3O2S3/c1-10-9-20-13(16-10)8-15-21(17,18)6-5-19-12-4-2-3-11(14)7-12/h2-4,7,9,15H,5-6,8,14H2,1H3. The molecule has 21 heavy (non-hydrogen) atoms. The summed E-state index contributed by atoms with van der Waals surface area (Å²) in [5.74, 6) is 0.548. The fraction of sp³-hybridized carbons (Fsp3) is 0.308. The summed E-state index contributed by atoms with van der Waals surface area (Å²) in [6.45, 7) is 2.14. The third-order valence-corrected chi connectivity index (χ3v) is 6.14.